The van der Waals surface area contributed by atoms with E-state index < -0.39 is 0 Å². The molecular formula is C7H14N2O2. The van der Waals surface area contributed by atoms with E-state index in [2.05, 4.69) is 11.3 Å². The number of esters is 1. The third-order valence-electron chi connectivity index (χ3n) is 1.00. The van der Waals surface area contributed by atoms with Crippen molar-refractivity contribution in [3.8, 4) is 0 Å². The molecule has 0 radical (unpaired) electrons. The van der Waals surface area contributed by atoms with Crippen LogP contribution in [0.1, 0.15) is 6.92 Å². The van der Waals surface area contributed by atoms with E-state index in [0.717, 1.165) is 0 Å². The van der Waals surface area contributed by atoms with E-state index in [-0.39, 0.29) is 12.5 Å². The summed E-state index contributed by atoms with van der Waals surface area (Å²) in [7, 11) is 0. The molecule has 0 spiro atoms. The molecule has 0 amide bonds. The second kappa shape index (κ2) is 5.88. The predicted molar refractivity (Wildman–Crippen MR) is 42.6 cm³/mol. The lowest BCUT2D eigenvalue weighted by atomic mass is 10.5. The van der Waals surface area contributed by atoms with Crippen LogP contribution in [-0.2, 0) is 9.53 Å². The smallest absolute Gasteiger partial charge is 0.321 e. The first-order valence-corrected chi connectivity index (χ1v) is 3.46. The van der Waals surface area contributed by atoms with Crippen molar-refractivity contribution >= 4 is 5.97 Å². The molecule has 0 aromatic rings. The Morgan fingerprint density at radius 1 is 1.82 bits per heavy atom. The van der Waals surface area contributed by atoms with Crippen molar-refractivity contribution in [2.75, 3.05) is 19.7 Å². The van der Waals surface area contributed by atoms with Gasteiger partial charge in [0.25, 0.3) is 0 Å². The molecule has 0 heterocycles. The summed E-state index contributed by atoms with van der Waals surface area (Å²) < 4.78 is 4.66. The fourth-order valence-corrected chi connectivity index (χ4v) is 0.603. The van der Waals surface area contributed by atoms with E-state index in [9.17, 15) is 4.79 Å². The summed E-state index contributed by atoms with van der Waals surface area (Å²) in [5.41, 5.74) is 0. The minimum atomic E-state index is -0.308. The van der Waals surface area contributed by atoms with Crippen LogP contribution in [0.25, 0.3) is 0 Å². The summed E-state index contributed by atoms with van der Waals surface area (Å²) in [5.74, 6) is 5.07. The molecule has 11 heavy (non-hydrogen) atoms. The van der Waals surface area contributed by atoms with Gasteiger partial charge in [0.15, 0.2) is 0 Å². The average molecular weight is 158 g/mol. The minimum absolute atomic E-state index is 0.111. The monoisotopic (exact) mass is 158 g/mol. The third-order valence-corrected chi connectivity index (χ3v) is 1.00. The molecule has 0 saturated heterocycles. The molecule has 0 aromatic heterocycles. The van der Waals surface area contributed by atoms with Gasteiger partial charge in [0.2, 0.25) is 0 Å². The summed E-state index contributed by atoms with van der Waals surface area (Å²) >= 11 is 0. The number of hydrogen-bond acceptors (Lipinski definition) is 4. The minimum Gasteiger partial charge on any atom is -0.465 e. The van der Waals surface area contributed by atoms with E-state index in [1.165, 1.54) is 5.01 Å². The van der Waals surface area contributed by atoms with Gasteiger partial charge < -0.3 is 4.74 Å². The Morgan fingerprint density at radius 3 is 2.91 bits per heavy atom. The molecule has 0 atom stereocenters. The number of carbonyl (C=O) groups excluding carboxylic acids is 1. The van der Waals surface area contributed by atoms with Crippen LogP contribution in [0.3, 0.4) is 0 Å². The summed E-state index contributed by atoms with van der Waals surface area (Å²) in [6.45, 7) is 6.22. The number of nitrogens with two attached hydrogens (primary N) is 1. The number of hydrogen-bond donors (Lipinski definition) is 1. The van der Waals surface area contributed by atoms with E-state index in [4.69, 9.17) is 5.84 Å². The van der Waals surface area contributed by atoms with Gasteiger partial charge in [-0.05, 0) is 6.92 Å². The van der Waals surface area contributed by atoms with Gasteiger partial charge in [-0.15, -0.1) is 6.58 Å². The number of hydrazine groups is 1. The van der Waals surface area contributed by atoms with Crippen molar-refractivity contribution in [3.63, 3.8) is 0 Å². The maximum atomic E-state index is 10.8. The van der Waals surface area contributed by atoms with Gasteiger partial charge in [-0.3, -0.25) is 10.6 Å². The lowest BCUT2D eigenvalue weighted by Crippen LogP contribution is -2.36. The van der Waals surface area contributed by atoms with Crippen molar-refractivity contribution in [2.24, 2.45) is 5.84 Å². The van der Waals surface area contributed by atoms with Crippen molar-refractivity contribution in [3.05, 3.63) is 12.7 Å². The fourth-order valence-electron chi connectivity index (χ4n) is 0.603. The number of carbonyl (C=O) groups is 1. The SMILES string of the molecule is C=CCN(N)CC(=O)OCC. The van der Waals surface area contributed by atoms with E-state index in [1.54, 1.807) is 13.0 Å². The molecule has 4 nitrogen and oxygen atoms in total. The van der Waals surface area contributed by atoms with Gasteiger partial charge in [-0.25, -0.2) is 5.01 Å². The molecular weight excluding hydrogens is 144 g/mol. The zero-order chi connectivity index (χ0) is 8.69. The van der Waals surface area contributed by atoms with E-state index >= 15 is 0 Å². The fraction of sp³-hybridized carbons (Fsp3) is 0.571. The highest BCUT2D eigenvalue weighted by atomic mass is 16.5. The normalized spacial score (nSPS) is 9.73. The lowest BCUT2D eigenvalue weighted by Gasteiger charge is -2.11. The Bertz CT molecular complexity index is 136. The first-order chi connectivity index (χ1) is 5.20. The van der Waals surface area contributed by atoms with Crippen molar-refractivity contribution in [2.45, 2.75) is 6.92 Å². The first kappa shape index (κ1) is 10.1. The van der Waals surface area contributed by atoms with Crippen LogP contribution in [0, 0.1) is 0 Å². The maximum Gasteiger partial charge on any atom is 0.321 e. The van der Waals surface area contributed by atoms with Crippen LogP contribution in [-0.4, -0.2) is 30.7 Å². The Labute approximate surface area is 66.6 Å². The van der Waals surface area contributed by atoms with Gasteiger partial charge in [-0.2, -0.15) is 0 Å². The quantitative estimate of drug-likeness (QED) is 0.263. The Kier molecular flexibility index (Phi) is 5.42. The second-order valence-electron chi connectivity index (χ2n) is 2.02. The Balaban J connectivity index is 3.48. The summed E-state index contributed by atoms with van der Waals surface area (Å²) in [6.07, 6.45) is 1.62. The van der Waals surface area contributed by atoms with Crippen molar-refractivity contribution < 1.29 is 9.53 Å². The molecule has 2 N–H and O–H groups in total. The van der Waals surface area contributed by atoms with Gasteiger partial charge in [0.05, 0.1) is 6.61 Å². The van der Waals surface area contributed by atoms with Gasteiger partial charge in [0.1, 0.15) is 6.54 Å². The molecule has 64 valence electrons. The number of rotatable bonds is 5. The molecule has 0 aliphatic heterocycles. The molecule has 4 heteroatoms. The number of ether oxygens (including phenoxy) is 1. The molecule has 0 rings (SSSR count). The van der Waals surface area contributed by atoms with Crippen LogP contribution in [0.15, 0.2) is 12.7 Å². The average Bonchev–Trinajstić information content (AvgIpc) is 1.87. The number of nitrogens with zero attached hydrogens (tertiary/aromatic N) is 1. The molecule has 0 unspecified atom stereocenters. The summed E-state index contributed by atoms with van der Waals surface area (Å²) in [6, 6.07) is 0. The molecule has 0 fully saturated rings. The van der Waals surface area contributed by atoms with Crippen LogP contribution < -0.4 is 5.84 Å². The third kappa shape index (κ3) is 5.57. The van der Waals surface area contributed by atoms with Gasteiger partial charge in [0, 0.05) is 6.54 Å². The molecule has 0 aromatic carbocycles. The summed E-state index contributed by atoms with van der Waals surface area (Å²) in [5, 5.41) is 1.34. The van der Waals surface area contributed by atoms with Crippen molar-refractivity contribution in [1.82, 2.24) is 5.01 Å². The standard InChI is InChI=1S/C7H14N2O2/c1-3-5-9(8)6-7(10)11-4-2/h3H,1,4-6,8H2,2H3. The Morgan fingerprint density at radius 2 is 2.45 bits per heavy atom. The van der Waals surface area contributed by atoms with E-state index in [0.29, 0.717) is 13.2 Å². The highest BCUT2D eigenvalue weighted by Gasteiger charge is 2.04. The van der Waals surface area contributed by atoms with Crippen LogP contribution in [0.2, 0.25) is 0 Å². The largest absolute Gasteiger partial charge is 0.465 e. The topological polar surface area (TPSA) is 55.6 Å². The summed E-state index contributed by atoms with van der Waals surface area (Å²) in [4.78, 5) is 10.8. The van der Waals surface area contributed by atoms with Gasteiger partial charge >= 0.3 is 5.97 Å². The maximum absolute atomic E-state index is 10.8. The first-order valence-electron chi connectivity index (χ1n) is 3.46. The highest BCUT2D eigenvalue weighted by molar-refractivity contribution is 5.71. The van der Waals surface area contributed by atoms with E-state index in [1.807, 2.05) is 0 Å². The molecule has 0 aliphatic rings. The molecule has 0 saturated carbocycles. The zero-order valence-electron chi connectivity index (χ0n) is 6.75. The van der Waals surface area contributed by atoms with Gasteiger partial charge in [-0.1, -0.05) is 6.08 Å². The van der Waals surface area contributed by atoms with Crippen molar-refractivity contribution in [1.29, 1.82) is 0 Å². The zero-order valence-corrected chi connectivity index (χ0v) is 6.75. The molecule has 0 bridgehead atoms. The predicted octanol–water partition coefficient (Wildman–Crippen LogP) is -0.0888. The Hall–Kier alpha value is -0.870. The van der Waals surface area contributed by atoms with Crippen LogP contribution in [0.5, 0.6) is 0 Å². The molecule has 0 aliphatic carbocycles. The highest BCUT2D eigenvalue weighted by Crippen LogP contribution is 1.82. The lowest BCUT2D eigenvalue weighted by molar-refractivity contribution is -0.144. The van der Waals surface area contributed by atoms with Crippen LogP contribution in [0.4, 0.5) is 0 Å². The van der Waals surface area contributed by atoms with Crippen LogP contribution >= 0.6 is 0 Å². The second-order valence-corrected chi connectivity index (χ2v) is 2.02.